The lowest BCUT2D eigenvalue weighted by Crippen LogP contribution is -2.14. The Morgan fingerprint density at radius 3 is 2.58 bits per heavy atom. The molecule has 0 spiro atoms. The van der Waals surface area contributed by atoms with E-state index in [1.807, 2.05) is 18.2 Å². The number of ketones is 1. The fraction of sp³-hybridized carbons (Fsp3) is 0.214. The maximum atomic E-state index is 11.1. The SMILES string of the molecule is O=C(O)C(=O)Cc1ncc(CCc2ccccc2)s1. The van der Waals surface area contributed by atoms with Crippen LogP contribution in [0, 0.1) is 0 Å². The third kappa shape index (κ3) is 3.99. The number of aryl methyl sites for hydroxylation is 2. The number of carbonyl (C=O) groups excluding carboxylic acids is 1. The van der Waals surface area contributed by atoms with Gasteiger partial charge in [0.05, 0.1) is 6.42 Å². The van der Waals surface area contributed by atoms with E-state index >= 15 is 0 Å². The van der Waals surface area contributed by atoms with E-state index in [-0.39, 0.29) is 6.42 Å². The number of Topliss-reactive ketones (excluding diaryl/α,β-unsaturated/α-hetero) is 1. The molecule has 0 saturated carbocycles. The smallest absolute Gasteiger partial charge is 0.372 e. The van der Waals surface area contributed by atoms with Gasteiger partial charge in [0, 0.05) is 11.1 Å². The number of aromatic nitrogens is 1. The van der Waals surface area contributed by atoms with Crippen molar-refractivity contribution in [1.29, 1.82) is 0 Å². The van der Waals surface area contributed by atoms with Gasteiger partial charge in [0.25, 0.3) is 0 Å². The predicted molar refractivity (Wildman–Crippen MR) is 72.3 cm³/mol. The Kier molecular flexibility index (Phi) is 4.41. The van der Waals surface area contributed by atoms with Gasteiger partial charge in [-0.3, -0.25) is 4.79 Å². The van der Waals surface area contributed by atoms with Crippen LogP contribution in [0.3, 0.4) is 0 Å². The maximum absolute atomic E-state index is 11.1. The van der Waals surface area contributed by atoms with Gasteiger partial charge in [0.1, 0.15) is 5.01 Å². The van der Waals surface area contributed by atoms with Gasteiger partial charge in [0.15, 0.2) is 0 Å². The summed E-state index contributed by atoms with van der Waals surface area (Å²) in [6, 6.07) is 10.1. The molecule has 1 aromatic carbocycles. The molecule has 0 atom stereocenters. The summed E-state index contributed by atoms with van der Waals surface area (Å²) in [5.41, 5.74) is 1.25. The Hall–Kier alpha value is -2.01. The Morgan fingerprint density at radius 1 is 1.16 bits per heavy atom. The van der Waals surface area contributed by atoms with Gasteiger partial charge in [-0.15, -0.1) is 11.3 Å². The fourth-order valence-corrected chi connectivity index (χ4v) is 2.59. The van der Waals surface area contributed by atoms with Gasteiger partial charge in [-0.1, -0.05) is 30.3 Å². The van der Waals surface area contributed by atoms with E-state index < -0.39 is 11.8 Å². The second kappa shape index (κ2) is 6.24. The second-order valence-corrected chi connectivity index (χ2v) is 5.31. The normalized spacial score (nSPS) is 10.3. The molecule has 1 N–H and O–H groups in total. The molecule has 0 saturated heterocycles. The van der Waals surface area contributed by atoms with Crippen molar-refractivity contribution in [3.05, 3.63) is 52.0 Å². The molecular formula is C14H13NO3S. The van der Waals surface area contributed by atoms with E-state index in [4.69, 9.17) is 5.11 Å². The van der Waals surface area contributed by atoms with Crippen LogP contribution in [0.5, 0.6) is 0 Å². The highest BCUT2D eigenvalue weighted by molar-refractivity contribution is 7.11. The van der Waals surface area contributed by atoms with Gasteiger partial charge < -0.3 is 5.11 Å². The van der Waals surface area contributed by atoms with Crippen LogP contribution >= 0.6 is 11.3 Å². The number of carboxylic acid groups (broad SMARTS) is 1. The predicted octanol–water partition coefficient (Wildman–Crippen LogP) is 2.12. The molecule has 0 aliphatic heterocycles. The molecule has 0 bridgehead atoms. The minimum Gasteiger partial charge on any atom is -0.475 e. The first-order valence-electron chi connectivity index (χ1n) is 5.89. The fourth-order valence-electron chi connectivity index (χ4n) is 1.67. The zero-order chi connectivity index (χ0) is 13.7. The number of carbonyl (C=O) groups is 2. The highest BCUT2D eigenvalue weighted by Gasteiger charge is 2.14. The van der Waals surface area contributed by atoms with E-state index in [1.54, 1.807) is 6.20 Å². The van der Waals surface area contributed by atoms with Crippen molar-refractivity contribution in [2.75, 3.05) is 0 Å². The van der Waals surface area contributed by atoms with Crippen LogP contribution < -0.4 is 0 Å². The van der Waals surface area contributed by atoms with Gasteiger partial charge in [-0.05, 0) is 18.4 Å². The lowest BCUT2D eigenvalue weighted by Gasteiger charge is -1.97. The maximum Gasteiger partial charge on any atom is 0.372 e. The number of benzene rings is 1. The first-order chi connectivity index (χ1) is 9.15. The average molecular weight is 275 g/mol. The van der Waals surface area contributed by atoms with Crippen LogP contribution in [0.2, 0.25) is 0 Å². The molecule has 1 heterocycles. The average Bonchev–Trinajstić information content (AvgIpc) is 2.85. The molecule has 2 aromatic rings. The van der Waals surface area contributed by atoms with Crippen molar-refractivity contribution < 1.29 is 14.7 Å². The van der Waals surface area contributed by atoms with E-state index in [2.05, 4.69) is 17.1 Å². The van der Waals surface area contributed by atoms with Crippen LogP contribution in [0.4, 0.5) is 0 Å². The van der Waals surface area contributed by atoms with Crippen molar-refractivity contribution >= 4 is 23.1 Å². The van der Waals surface area contributed by atoms with Crippen molar-refractivity contribution in [3.8, 4) is 0 Å². The zero-order valence-corrected chi connectivity index (χ0v) is 11.0. The summed E-state index contributed by atoms with van der Waals surface area (Å²) in [5.74, 6) is -2.22. The third-order valence-corrected chi connectivity index (χ3v) is 3.71. The molecular weight excluding hydrogens is 262 g/mol. The Bertz CT molecular complexity index is 577. The Balaban J connectivity index is 1.91. The summed E-state index contributed by atoms with van der Waals surface area (Å²) in [4.78, 5) is 26.7. The number of carboxylic acids is 1. The number of hydrogen-bond acceptors (Lipinski definition) is 4. The molecule has 5 heteroatoms. The molecule has 0 radical (unpaired) electrons. The van der Waals surface area contributed by atoms with E-state index in [1.165, 1.54) is 16.9 Å². The van der Waals surface area contributed by atoms with Gasteiger partial charge in [0.2, 0.25) is 5.78 Å². The summed E-state index contributed by atoms with van der Waals surface area (Å²) in [6.45, 7) is 0. The summed E-state index contributed by atoms with van der Waals surface area (Å²) in [5, 5.41) is 9.09. The van der Waals surface area contributed by atoms with E-state index in [9.17, 15) is 9.59 Å². The van der Waals surface area contributed by atoms with Crippen LogP contribution in [0.15, 0.2) is 36.5 Å². The molecule has 0 fully saturated rings. The first-order valence-corrected chi connectivity index (χ1v) is 6.70. The van der Waals surface area contributed by atoms with Crippen molar-refractivity contribution in [2.45, 2.75) is 19.3 Å². The largest absolute Gasteiger partial charge is 0.475 e. The van der Waals surface area contributed by atoms with Gasteiger partial charge >= 0.3 is 5.97 Å². The van der Waals surface area contributed by atoms with E-state index in [0.29, 0.717) is 5.01 Å². The number of nitrogens with zero attached hydrogens (tertiary/aromatic N) is 1. The molecule has 0 unspecified atom stereocenters. The van der Waals surface area contributed by atoms with Crippen LogP contribution in [0.25, 0.3) is 0 Å². The number of rotatable bonds is 6. The van der Waals surface area contributed by atoms with E-state index in [0.717, 1.165) is 17.7 Å². The molecule has 98 valence electrons. The first kappa shape index (κ1) is 13.4. The van der Waals surface area contributed by atoms with Gasteiger partial charge in [-0.2, -0.15) is 0 Å². The topological polar surface area (TPSA) is 67.3 Å². The molecule has 1 aromatic heterocycles. The highest BCUT2D eigenvalue weighted by Crippen LogP contribution is 2.16. The summed E-state index contributed by atoms with van der Waals surface area (Å²) in [6.07, 6.45) is 3.36. The lowest BCUT2D eigenvalue weighted by atomic mass is 10.1. The van der Waals surface area contributed by atoms with Crippen LogP contribution in [-0.4, -0.2) is 21.8 Å². The molecule has 19 heavy (non-hydrogen) atoms. The highest BCUT2D eigenvalue weighted by atomic mass is 32.1. The Morgan fingerprint density at radius 2 is 1.89 bits per heavy atom. The van der Waals surface area contributed by atoms with Crippen LogP contribution in [0.1, 0.15) is 15.4 Å². The van der Waals surface area contributed by atoms with Crippen molar-refractivity contribution in [1.82, 2.24) is 4.98 Å². The molecule has 0 aliphatic carbocycles. The third-order valence-electron chi connectivity index (χ3n) is 2.65. The zero-order valence-electron chi connectivity index (χ0n) is 10.2. The second-order valence-electron chi connectivity index (χ2n) is 4.11. The van der Waals surface area contributed by atoms with Crippen LogP contribution in [-0.2, 0) is 28.9 Å². The van der Waals surface area contributed by atoms with Gasteiger partial charge in [-0.25, -0.2) is 9.78 Å². The summed E-state index contributed by atoms with van der Waals surface area (Å²) in [7, 11) is 0. The van der Waals surface area contributed by atoms with Crippen molar-refractivity contribution in [2.24, 2.45) is 0 Å². The number of aliphatic carboxylic acids is 1. The monoisotopic (exact) mass is 275 g/mol. The quantitative estimate of drug-likeness (QED) is 0.820. The molecule has 2 rings (SSSR count). The number of thiazole rings is 1. The Labute approximate surface area is 114 Å². The molecule has 0 amide bonds. The summed E-state index contributed by atoms with van der Waals surface area (Å²) < 4.78 is 0. The van der Waals surface area contributed by atoms with Crippen molar-refractivity contribution in [3.63, 3.8) is 0 Å². The standard InChI is InChI=1S/C14H13NO3S/c16-12(14(17)18)8-13-15-9-11(19-13)7-6-10-4-2-1-3-5-10/h1-5,9H,6-8H2,(H,17,18). The minimum absolute atomic E-state index is 0.120. The molecule has 0 aliphatic rings. The molecule has 4 nitrogen and oxygen atoms in total. The summed E-state index contributed by atoms with van der Waals surface area (Å²) >= 11 is 1.40. The lowest BCUT2D eigenvalue weighted by molar-refractivity contribution is -0.148. The minimum atomic E-state index is -1.40. The number of hydrogen-bond donors (Lipinski definition) is 1.